The fourth-order valence-corrected chi connectivity index (χ4v) is 7.29. The Morgan fingerprint density at radius 3 is 2.21 bits per heavy atom. The number of carbonyl (C=O) groups excluding carboxylic acids is 2. The zero-order valence-corrected chi connectivity index (χ0v) is 27.3. The molecule has 0 radical (unpaired) electrons. The fourth-order valence-electron chi connectivity index (χ4n) is 5.98. The van der Waals surface area contributed by atoms with Crippen LogP contribution in [0.3, 0.4) is 0 Å². The third-order valence-corrected chi connectivity index (χ3v) is 10.0. The smallest absolute Gasteiger partial charge is 0.334 e. The summed E-state index contributed by atoms with van der Waals surface area (Å²) in [5.41, 5.74) is 5.67. The molecule has 244 valence electrons. The molecule has 6 rings (SSSR count). The monoisotopic (exact) mass is 659 g/mol. The third kappa shape index (κ3) is 6.37. The first-order valence-electron chi connectivity index (χ1n) is 15.6. The van der Waals surface area contributed by atoms with E-state index < -0.39 is 23.5 Å². The van der Waals surface area contributed by atoms with Crippen molar-refractivity contribution in [1.29, 1.82) is 0 Å². The van der Waals surface area contributed by atoms with E-state index in [2.05, 4.69) is 15.5 Å². The van der Waals surface area contributed by atoms with E-state index in [9.17, 15) is 14.0 Å². The molecule has 1 aliphatic carbocycles. The van der Waals surface area contributed by atoms with Gasteiger partial charge >= 0.3 is 6.03 Å². The number of hydrogen-bond acceptors (Lipinski definition) is 5. The Balaban J connectivity index is 1.60. The Bertz CT molecular complexity index is 1810. The zero-order valence-electron chi connectivity index (χ0n) is 26.5. The predicted octanol–water partition coefficient (Wildman–Crippen LogP) is 7.98. The number of benzene rings is 3. The molecule has 2 aliphatic rings. The molecule has 0 unspecified atom stereocenters. The Kier molecular flexibility index (Phi) is 9.38. The maximum Gasteiger partial charge on any atom is 0.334 e. The van der Waals surface area contributed by atoms with E-state index in [4.69, 9.17) is 0 Å². The highest BCUT2D eigenvalue weighted by molar-refractivity contribution is 7.20. The summed E-state index contributed by atoms with van der Waals surface area (Å²) in [4.78, 5) is 32.8. The largest absolute Gasteiger partial charge is 0.388 e. The van der Waals surface area contributed by atoms with Gasteiger partial charge in [-0.25, -0.2) is 18.0 Å². The van der Waals surface area contributed by atoms with Crippen molar-refractivity contribution in [2.75, 3.05) is 42.8 Å². The number of hydrogen-bond donors (Lipinski definition) is 2. The van der Waals surface area contributed by atoms with Crippen LogP contribution in [0, 0.1) is 17.5 Å². The molecule has 0 spiro atoms. The summed E-state index contributed by atoms with van der Waals surface area (Å²) in [6, 6.07) is 16.9. The molecular weight excluding hydrogens is 623 g/mol. The van der Waals surface area contributed by atoms with Crippen LogP contribution in [-0.4, -0.2) is 44.5 Å². The van der Waals surface area contributed by atoms with E-state index in [-0.39, 0.29) is 18.0 Å². The van der Waals surface area contributed by atoms with E-state index in [1.165, 1.54) is 46.6 Å². The number of halogens is 3. The summed E-state index contributed by atoms with van der Waals surface area (Å²) in [5, 5.41) is 6.40. The topological polar surface area (TPSA) is 67.9 Å². The van der Waals surface area contributed by atoms with Gasteiger partial charge in [0.25, 0.3) is 0 Å². The molecule has 0 atom stereocenters. The standard InChI is InChI=1S/C36H36F3N5O2S/c1-40-25-14-10-23(11-15-25)34-28(20-42(3)19-18-31(45)41-2)32-33(22-6-4-7-22)44(26-16-12-24(37)13-17-26)36(46)43(35(32)47-34)21-27-29(38)8-5-9-30(27)39/h5,8-17,40H,4,6-7,18-21H2,1-3H3,(H,41,45). The Morgan fingerprint density at radius 1 is 0.936 bits per heavy atom. The van der Waals surface area contributed by atoms with Crippen LogP contribution >= 0.6 is 11.3 Å². The highest BCUT2D eigenvalue weighted by Gasteiger charge is 2.42. The molecule has 0 bridgehead atoms. The molecular formula is C36H36F3N5O2S. The highest BCUT2D eigenvalue weighted by Crippen LogP contribution is 2.53. The van der Waals surface area contributed by atoms with Crippen LogP contribution in [0.15, 0.2) is 72.3 Å². The van der Waals surface area contributed by atoms with E-state index >= 15 is 8.78 Å². The molecule has 7 nitrogen and oxygen atoms in total. The SMILES string of the molecule is CNC(=O)CCN(C)Cc1c(-c2ccc(NC)cc2)sc2c1C(=C1CCC1)N(c1ccc(F)cc1)C(=O)N2Cc1c(F)cccc1F. The maximum atomic E-state index is 15.1. The fraction of sp³-hybridized carbons (Fsp3) is 0.278. The second-order valence-corrected chi connectivity index (χ2v) is 12.8. The van der Waals surface area contributed by atoms with Crippen LogP contribution in [0.1, 0.15) is 42.4 Å². The maximum absolute atomic E-state index is 15.1. The van der Waals surface area contributed by atoms with Crippen LogP contribution in [0.4, 0.5) is 34.3 Å². The summed E-state index contributed by atoms with van der Waals surface area (Å²) in [7, 11) is 5.39. The van der Waals surface area contributed by atoms with Crippen LogP contribution in [0.5, 0.6) is 0 Å². The second-order valence-electron chi connectivity index (χ2n) is 11.8. The normalized spacial score (nSPS) is 14.4. The van der Waals surface area contributed by atoms with Gasteiger partial charge in [-0.3, -0.25) is 14.6 Å². The van der Waals surface area contributed by atoms with Gasteiger partial charge in [-0.05, 0) is 91.5 Å². The Morgan fingerprint density at radius 2 is 1.62 bits per heavy atom. The quantitative estimate of drug-likeness (QED) is 0.181. The average molecular weight is 660 g/mol. The zero-order chi connectivity index (χ0) is 33.2. The molecule has 1 aliphatic heterocycles. The van der Waals surface area contributed by atoms with Gasteiger partial charge in [-0.1, -0.05) is 18.2 Å². The molecule has 11 heteroatoms. The van der Waals surface area contributed by atoms with Gasteiger partial charge < -0.3 is 15.5 Å². The minimum atomic E-state index is -0.746. The van der Waals surface area contributed by atoms with Gasteiger partial charge in [0.1, 0.15) is 22.5 Å². The number of amides is 3. The number of carbonyl (C=O) groups is 2. The van der Waals surface area contributed by atoms with E-state index in [0.29, 0.717) is 30.2 Å². The van der Waals surface area contributed by atoms with E-state index in [0.717, 1.165) is 57.8 Å². The molecule has 1 aromatic heterocycles. The number of allylic oxidation sites excluding steroid dienone is 1. The van der Waals surface area contributed by atoms with Gasteiger partial charge in [0, 0.05) is 55.3 Å². The highest BCUT2D eigenvalue weighted by atomic mass is 32.1. The number of nitrogens with zero attached hydrogens (tertiary/aromatic N) is 3. The molecule has 47 heavy (non-hydrogen) atoms. The summed E-state index contributed by atoms with van der Waals surface area (Å²) < 4.78 is 44.4. The van der Waals surface area contributed by atoms with Gasteiger partial charge in [0.05, 0.1) is 17.9 Å². The summed E-state index contributed by atoms with van der Waals surface area (Å²) >= 11 is 1.41. The first-order valence-corrected chi connectivity index (χ1v) is 16.4. The van der Waals surface area contributed by atoms with E-state index in [1.54, 1.807) is 24.1 Å². The van der Waals surface area contributed by atoms with Crippen LogP contribution < -0.4 is 20.4 Å². The lowest BCUT2D eigenvalue weighted by Gasteiger charge is -2.40. The molecule has 1 saturated carbocycles. The third-order valence-electron chi connectivity index (χ3n) is 8.73. The lowest BCUT2D eigenvalue weighted by Crippen LogP contribution is -2.47. The van der Waals surface area contributed by atoms with Crippen molar-refractivity contribution in [3.63, 3.8) is 0 Å². The van der Waals surface area contributed by atoms with Crippen molar-refractivity contribution in [1.82, 2.24) is 10.2 Å². The molecule has 2 heterocycles. The number of fused-ring (bicyclic) bond motifs is 1. The summed E-state index contributed by atoms with van der Waals surface area (Å²) in [6.45, 7) is 0.588. The van der Waals surface area contributed by atoms with Gasteiger partial charge in [0.2, 0.25) is 5.91 Å². The molecule has 4 aromatic rings. The van der Waals surface area contributed by atoms with Crippen molar-refractivity contribution in [3.05, 3.63) is 106 Å². The molecule has 1 fully saturated rings. The van der Waals surface area contributed by atoms with Crippen molar-refractivity contribution >= 4 is 45.3 Å². The molecule has 3 amide bonds. The van der Waals surface area contributed by atoms with Crippen LogP contribution in [0.25, 0.3) is 16.1 Å². The molecule has 2 N–H and O–H groups in total. The number of anilines is 3. The Hall–Kier alpha value is -4.61. The van der Waals surface area contributed by atoms with Crippen LogP contribution in [-0.2, 0) is 17.9 Å². The molecule has 3 aromatic carbocycles. The Labute approximate surface area is 276 Å². The summed E-state index contributed by atoms with van der Waals surface area (Å²) in [6.07, 6.45) is 2.84. The van der Waals surface area contributed by atoms with Gasteiger partial charge in [0.15, 0.2) is 0 Å². The number of thiophene rings is 1. The number of urea groups is 1. The van der Waals surface area contributed by atoms with Crippen molar-refractivity contribution in [3.8, 4) is 10.4 Å². The van der Waals surface area contributed by atoms with Gasteiger partial charge in [-0.2, -0.15) is 0 Å². The van der Waals surface area contributed by atoms with Gasteiger partial charge in [-0.15, -0.1) is 11.3 Å². The molecule has 0 saturated heterocycles. The lowest BCUT2D eigenvalue weighted by atomic mass is 9.85. The second kappa shape index (κ2) is 13.6. The van der Waals surface area contributed by atoms with Crippen molar-refractivity contribution in [2.45, 2.75) is 38.8 Å². The first-order chi connectivity index (χ1) is 22.7. The van der Waals surface area contributed by atoms with E-state index in [1.807, 2.05) is 38.4 Å². The minimum absolute atomic E-state index is 0.0736. The number of nitrogens with one attached hydrogen (secondary N) is 2. The minimum Gasteiger partial charge on any atom is -0.388 e. The van der Waals surface area contributed by atoms with Crippen molar-refractivity contribution in [2.24, 2.45) is 0 Å². The first kappa shape index (κ1) is 32.3. The average Bonchev–Trinajstić information content (AvgIpc) is 3.41. The van der Waals surface area contributed by atoms with Crippen LogP contribution in [0.2, 0.25) is 0 Å². The summed E-state index contributed by atoms with van der Waals surface area (Å²) in [5.74, 6) is -2.01. The van der Waals surface area contributed by atoms with Crippen molar-refractivity contribution < 1.29 is 22.8 Å². The lowest BCUT2D eigenvalue weighted by molar-refractivity contribution is -0.120. The predicted molar refractivity (Wildman–Crippen MR) is 182 cm³/mol. The number of rotatable bonds is 10.